The van der Waals surface area contributed by atoms with Crippen LogP contribution >= 0.6 is 0 Å². The van der Waals surface area contributed by atoms with Crippen molar-refractivity contribution in [1.82, 2.24) is 4.98 Å². The van der Waals surface area contributed by atoms with Crippen molar-refractivity contribution in [2.75, 3.05) is 6.61 Å². The molecule has 1 heterocycles. The van der Waals surface area contributed by atoms with Crippen molar-refractivity contribution in [2.45, 2.75) is 26.7 Å². The molecule has 1 aromatic heterocycles. The average Bonchev–Trinajstić information content (AvgIpc) is 2.21. The van der Waals surface area contributed by atoms with Gasteiger partial charge in [-0.2, -0.15) is 0 Å². The number of aromatic nitrogens is 1. The van der Waals surface area contributed by atoms with Crippen LogP contribution in [0.25, 0.3) is 0 Å². The van der Waals surface area contributed by atoms with Gasteiger partial charge >= 0.3 is 5.97 Å². The molecule has 0 aromatic carbocycles. The van der Waals surface area contributed by atoms with Gasteiger partial charge in [-0.3, -0.25) is 9.78 Å². The first-order valence-electron chi connectivity index (χ1n) is 4.93. The molecule has 0 bridgehead atoms. The van der Waals surface area contributed by atoms with Crippen molar-refractivity contribution in [3.05, 3.63) is 29.1 Å². The van der Waals surface area contributed by atoms with Gasteiger partial charge in [0.05, 0.1) is 18.7 Å². The third-order valence-corrected chi connectivity index (χ3v) is 2.07. The molecule has 0 aliphatic heterocycles. The lowest BCUT2D eigenvalue weighted by molar-refractivity contribution is -0.142. The Balaban J connectivity index is 2.82. The van der Waals surface area contributed by atoms with Gasteiger partial charge in [-0.15, -0.1) is 0 Å². The second-order valence-corrected chi connectivity index (χ2v) is 3.31. The highest BCUT2D eigenvalue weighted by Crippen LogP contribution is 2.22. The fourth-order valence-corrected chi connectivity index (χ4v) is 1.28. The minimum absolute atomic E-state index is 0.0756. The van der Waals surface area contributed by atoms with E-state index in [4.69, 9.17) is 4.74 Å². The summed E-state index contributed by atoms with van der Waals surface area (Å²) in [4.78, 5) is 15.0. The van der Waals surface area contributed by atoms with Crippen LogP contribution in [0, 0.1) is 6.92 Å². The van der Waals surface area contributed by atoms with Crippen molar-refractivity contribution in [2.24, 2.45) is 0 Å². The number of esters is 1. The molecule has 88 valence electrons. The Labute approximate surface area is 92.4 Å². The molecule has 0 aliphatic carbocycles. The quantitative estimate of drug-likeness (QED) is 0.744. The summed E-state index contributed by atoms with van der Waals surface area (Å²) in [5.74, 6) is -0.459. The van der Waals surface area contributed by atoms with Crippen LogP contribution in [0.4, 0.5) is 8.78 Å². The van der Waals surface area contributed by atoms with Gasteiger partial charge < -0.3 is 4.74 Å². The van der Waals surface area contributed by atoms with Gasteiger partial charge in [0.1, 0.15) is 0 Å². The third kappa shape index (κ3) is 3.25. The molecule has 0 unspecified atom stereocenters. The Morgan fingerprint density at radius 2 is 2.25 bits per heavy atom. The number of ether oxygens (including phenoxy) is 1. The summed E-state index contributed by atoms with van der Waals surface area (Å²) in [5, 5.41) is 0. The Morgan fingerprint density at radius 1 is 1.56 bits per heavy atom. The minimum atomic E-state index is -2.55. The lowest BCUT2D eigenvalue weighted by atomic mass is 10.1. The molecule has 16 heavy (non-hydrogen) atoms. The van der Waals surface area contributed by atoms with Crippen molar-refractivity contribution in [3.63, 3.8) is 0 Å². The van der Waals surface area contributed by atoms with Crippen molar-refractivity contribution < 1.29 is 18.3 Å². The maximum Gasteiger partial charge on any atom is 0.311 e. The average molecular weight is 229 g/mol. The summed E-state index contributed by atoms with van der Waals surface area (Å²) in [5.41, 5.74) is 0.635. The molecule has 0 atom stereocenters. The smallest absolute Gasteiger partial charge is 0.311 e. The van der Waals surface area contributed by atoms with Crippen LogP contribution in [0.2, 0.25) is 0 Å². The first-order chi connectivity index (χ1) is 7.54. The molecule has 0 aliphatic rings. The SMILES string of the molecule is CCOC(=O)Cc1cc(C(F)F)c(C)cn1. The van der Waals surface area contributed by atoms with Gasteiger partial charge in [0.25, 0.3) is 6.43 Å². The van der Waals surface area contributed by atoms with Crippen LogP contribution in [0.5, 0.6) is 0 Å². The van der Waals surface area contributed by atoms with Crippen LogP contribution in [-0.4, -0.2) is 17.6 Å². The predicted octanol–water partition coefficient (Wildman–Crippen LogP) is 2.43. The molecule has 0 amide bonds. The largest absolute Gasteiger partial charge is 0.466 e. The van der Waals surface area contributed by atoms with E-state index in [1.807, 2.05) is 0 Å². The number of hydrogen-bond donors (Lipinski definition) is 0. The van der Waals surface area contributed by atoms with Crippen molar-refractivity contribution >= 4 is 5.97 Å². The van der Waals surface area contributed by atoms with Gasteiger partial charge in [-0.1, -0.05) is 0 Å². The molecular weight excluding hydrogens is 216 g/mol. The second kappa shape index (κ2) is 5.53. The molecule has 1 aromatic rings. The number of rotatable bonds is 4. The highest BCUT2D eigenvalue weighted by molar-refractivity contribution is 5.72. The molecule has 0 N–H and O–H groups in total. The lowest BCUT2D eigenvalue weighted by Crippen LogP contribution is -2.09. The molecule has 3 nitrogen and oxygen atoms in total. The van der Waals surface area contributed by atoms with Crippen LogP contribution in [0.1, 0.15) is 30.2 Å². The van der Waals surface area contributed by atoms with E-state index in [9.17, 15) is 13.6 Å². The summed E-state index contributed by atoms with van der Waals surface area (Å²) in [7, 11) is 0. The summed E-state index contributed by atoms with van der Waals surface area (Å²) in [6, 6.07) is 1.25. The van der Waals surface area contributed by atoms with Gasteiger partial charge in [-0.05, 0) is 25.5 Å². The van der Waals surface area contributed by atoms with E-state index in [0.29, 0.717) is 11.3 Å². The number of hydrogen-bond acceptors (Lipinski definition) is 3. The summed E-state index contributed by atoms with van der Waals surface area (Å²) < 4.78 is 29.8. The third-order valence-electron chi connectivity index (χ3n) is 2.07. The molecule has 5 heteroatoms. The van der Waals surface area contributed by atoms with Crippen LogP contribution < -0.4 is 0 Å². The minimum Gasteiger partial charge on any atom is -0.466 e. The monoisotopic (exact) mass is 229 g/mol. The Morgan fingerprint density at radius 3 is 2.81 bits per heavy atom. The van der Waals surface area contributed by atoms with Gasteiger partial charge in [0.15, 0.2) is 0 Å². The van der Waals surface area contributed by atoms with E-state index in [0.717, 1.165) is 0 Å². The number of pyridine rings is 1. The lowest BCUT2D eigenvalue weighted by Gasteiger charge is -2.07. The van der Waals surface area contributed by atoms with Gasteiger partial charge in [-0.25, -0.2) is 8.78 Å². The number of carbonyl (C=O) groups is 1. The fourth-order valence-electron chi connectivity index (χ4n) is 1.28. The van der Waals surface area contributed by atoms with E-state index in [2.05, 4.69) is 4.98 Å². The molecule has 0 saturated carbocycles. The van der Waals surface area contributed by atoms with E-state index in [1.54, 1.807) is 13.8 Å². The van der Waals surface area contributed by atoms with E-state index >= 15 is 0 Å². The number of halogens is 2. The van der Waals surface area contributed by atoms with Crippen molar-refractivity contribution in [3.8, 4) is 0 Å². The summed E-state index contributed by atoms with van der Waals surface area (Å²) in [6.07, 6.45) is -1.28. The standard InChI is InChI=1S/C11H13F2NO2/c1-3-16-10(15)5-8-4-9(11(12)13)7(2)6-14-8/h4,6,11H,3,5H2,1-2H3. The number of aryl methyl sites for hydroxylation is 1. The number of alkyl halides is 2. The van der Waals surface area contributed by atoms with E-state index in [-0.39, 0.29) is 18.6 Å². The Hall–Kier alpha value is -1.52. The number of nitrogens with zero attached hydrogens (tertiary/aromatic N) is 1. The molecule has 1 rings (SSSR count). The molecule has 0 radical (unpaired) electrons. The predicted molar refractivity (Wildman–Crippen MR) is 54.3 cm³/mol. The van der Waals surface area contributed by atoms with E-state index < -0.39 is 12.4 Å². The van der Waals surface area contributed by atoms with E-state index in [1.165, 1.54) is 12.3 Å². The molecular formula is C11H13F2NO2. The number of carbonyl (C=O) groups excluding carboxylic acids is 1. The maximum absolute atomic E-state index is 12.5. The Bertz CT molecular complexity index is 380. The zero-order valence-corrected chi connectivity index (χ0v) is 9.17. The highest BCUT2D eigenvalue weighted by Gasteiger charge is 2.13. The second-order valence-electron chi connectivity index (χ2n) is 3.31. The topological polar surface area (TPSA) is 39.2 Å². The van der Waals surface area contributed by atoms with Crippen LogP contribution in [0.15, 0.2) is 12.3 Å². The Kier molecular flexibility index (Phi) is 4.34. The van der Waals surface area contributed by atoms with Gasteiger partial charge in [0, 0.05) is 11.8 Å². The normalized spacial score (nSPS) is 10.6. The zero-order valence-electron chi connectivity index (χ0n) is 9.17. The summed E-state index contributed by atoms with van der Waals surface area (Å²) in [6.45, 7) is 3.51. The molecule has 0 saturated heterocycles. The fraction of sp³-hybridized carbons (Fsp3) is 0.455. The highest BCUT2D eigenvalue weighted by atomic mass is 19.3. The van der Waals surface area contributed by atoms with Crippen LogP contribution in [0.3, 0.4) is 0 Å². The first-order valence-corrected chi connectivity index (χ1v) is 4.93. The maximum atomic E-state index is 12.5. The van der Waals surface area contributed by atoms with Crippen molar-refractivity contribution in [1.29, 1.82) is 0 Å². The van der Waals surface area contributed by atoms with Gasteiger partial charge in [0.2, 0.25) is 0 Å². The molecule has 0 spiro atoms. The molecule has 0 fully saturated rings. The van der Waals surface area contributed by atoms with Crippen LogP contribution in [-0.2, 0) is 16.0 Å². The first kappa shape index (κ1) is 12.5. The summed E-state index contributed by atoms with van der Waals surface area (Å²) >= 11 is 0. The zero-order chi connectivity index (χ0) is 12.1.